The fourth-order valence-electron chi connectivity index (χ4n) is 1.78. The Morgan fingerprint density at radius 2 is 1.88 bits per heavy atom. The van der Waals surface area contributed by atoms with E-state index >= 15 is 0 Å². The number of benzene rings is 1. The van der Waals surface area contributed by atoms with Crippen molar-refractivity contribution in [3.63, 3.8) is 0 Å². The van der Waals surface area contributed by atoms with Gasteiger partial charge in [-0.15, -0.1) is 5.10 Å². The third-order valence-corrected chi connectivity index (χ3v) is 2.62. The van der Waals surface area contributed by atoms with Gasteiger partial charge in [0, 0.05) is 6.20 Å². The molecule has 0 amide bonds. The van der Waals surface area contributed by atoms with E-state index in [4.69, 9.17) is 0 Å². The number of hydrogen-bond acceptors (Lipinski definition) is 3. The van der Waals surface area contributed by atoms with Crippen molar-refractivity contribution < 1.29 is 0 Å². The Kier molecular flexibility index (Phi) is 2.14. The van der Waals surface area contributed by atoms with Gasteiger partial charge >= 0.3 is 0 Å². The third-order valence-electron chi connectivity index (χ3n) is 2.62. The Hall–Kier alpha value is -2.16. The van der Waals surface area contributed by atoms with Crippen LogP contribution in [0.3, 0.4) is 0 Å². The lowest BCUT2D eigenvalue weighted by Crippen LogP contribution is -2.34. The summed E-state index contributed by atoms with van der Waals surface area (Å²) < 4.78 is 0. The molecule has 2 aliphatic rings. The van der Waals surface area contributed by atoms with Gasteiger partial charge in [-0.2, -0.15) is 5.10 Å². The minimum absolute atomic E-state index is 0.781. The summed E-state index contributed by atoms with van der Waals surface area (Å²) in [6, 6.07) is 10.2. The van der Waals surface area contributed by atoms with Crippen LogP contribution >= 0.6 is 0 Å². The molecular formula is C13H11N3. The number of nitrogens with zero attached hydrogens (tertiary/aromatic N) is 3. The molecule has 2 heterocycles. The lowest BCUT2D eigenvalue weighted by Gasteiger charge is -2.25. The van der Waals surface area contributed by atoms with E-state index in [-0.39, 0.29) is 0 Å². The molecule has 0 saturated heterocycles. The van der Waals surface area contributed by atoms with E-state index < -0.39 is 0 Å². The number of fused-ring (bicyclic) bond motifs is 1. The molecule has 0 radical (unpaired) electrons. The van der Waals surface area contributed by atoms with Crippen molar-refractivity contribution in [3.8, 4) is 0 Å². The number of hydrogen-bond donors (Lipinski definition) is 0. The van der Waals surface area contributed by atoms with E-state index in [1.807, 2.05) is 42.6 Å². The molecular weight excluding hydrogens is 198 g/mol. The summed E-state index contributed by atoms with van der Waals surface area (Å²) in [5.41, 5.74) is 2.14. The number of allylic oxidation sites excluding steroid dienone is 2. The van der Waals surface area contributed by atoms with Crippen molar-refractivity contribution in [1.29, 1.82) is 0 Å². The van der Waals surface area contributed by atoms with Crippen LogP contribution in [-0.2, 0) is 0 Å². The van der Waals surface area contributed by atoms with Crippen molar-refractivity contribution in [2.75, 3.05) is 6.54 Å². The highest BCUT2D eigenvalue weighted by atomic mass is 15.3. The first kappa shape index (κ1) is 9.09. The molecule has 3 nitrogen and oxygen atoms in total. The third kappa shape index (κ3) is 1.56. The van der Waals surface area contributed by atoms with E-state index in [1.165, 1.54) is 0 Å². The van der Waals surface area contributed by atoms with Gasteiger partial charge in [0.05, 0.1) is 12.3 Å². The average molecular weight is 209 g/mol. The van der Waals surface area contributed by atoms with E-state index in [0.29, 0.717) is 0 Å². The monoisotopic (exact) mass is 209 g/mol. The zero-order valence-electron chi connectivity index (χ0n) is 8.74. The van der Waals surface area contributed by atoms with Crippen molar-refractivity contribution in [2.24, 2.45) is 10.2 Å². The van der Waals surface area contributed by atoms with E-state index in [0.717, 1.165) is 23.7 Å². The fraction of sp³-hybridized carbons (Fsp3) is 0.0769. The maximum absolute atomic E-state index is 4.26. The first-order valence-electron chi connectivity index (χ1n) is 5.25. The van der Waals surface area contributed by atoms with Gasteiger partial charge in [0.15, 0.2) is 5.84 Å². The van der Waals surface area contributed by atoms with Gasteiger partial charge in [-0.3, -0.25) is 0 Å². The minimum Gasteiger partial charge on any atom is -0.325 e. The molecule has 0 atom stereocenters. The first-order valence-corrected chi connectivity index (χ1v) is 5.25. The smallest absolute Gasteiger partial charge is 0.155 e. The van der Waals surface area contributed by atoms with Crippen LogP contribution in [-0.4, -0.2) is 23.0 Å². The number of rotatable bonds is 1. The summed E-state index contributed by atoms with van der Waals surface area (Å²) in [5.74, 6) is 0.905. The minimum atomic E-state index is 0.781. The Balaban J connectivity index is 1.95. The molecule has 1 aromatic carbocycles. The quantitative estimate of drug-likeness (QED) is 0.696. The first-order chi connectivity index (χ1) is 7.93. The lowest BCUT2D eigenvalue weighted by molar-refractivity contribution is 0.625. The van der Waals surface area contributed by atoms with Crippen LogP contribution in [0.25, 0.3) is 0 Å². The van der Waals surface area contributed by atoms with Crippen molar-refractivity contribution in [2.45, 2.75) is 0 Å². The van der Waals surface area contributed by atoms with Crippen molar-refractivity contribution in [1.82, 2.24) is 4.90 Å². The zero-order chi connectivity index (χ0) is 10.8. The molecule has 0 saturated carbocycles. The predicted octanol–water partition coefficient (Wildman–Crippen LogP) is 2.19. The van der Waals surface area contributed by atoms with Crippen LogP contribution in [0.15, 0.2) is 65.0 Å². The highest BCUT2D eigenvalue weighted by Gasteiger charge is 2.16. The van der Waals surface area contributed by atoms with Gasteiger partial charge in [-0.05, 0) is 17.7 Å². The molecule has 3 rings (SSSR count). The Morgan fingerprint density at radius 1 is 1.00 bits per heavy atom. The molecule has 0 bridgehead atoms. The summed E-state index contributed by atoms with van der Waals surface area (Å²) in [7, 11) is 0. The van der Waals surface area contributed by atoms with Gasteiger partial charge in [0.2, 0.25) is 0 Å². The fourth-order valence-corrected chi connectivity index (χ4v) is 1.78. The second-order valence-corrected chi connectivity index (χ2v) is 3.70. The normalized spacial score (nSPS) is 17.9. The van der Waals surface area contributed by atoms with E-state index in [1.54, 1.807) is 0 Å². The second-order valence-electron chi connectivity index (χ2n) is 3.70. The van der Waals surface area contributed by atoms with Crippen LogP contribution in [0.5, 0.6) is 0 Å². The second kappa shape index (κ2) is 3.77. The Morgan fingerprint density at radius 3 is 2.75 bits per heavy atom. The largest absolute Gasteiger partial charge is 0.325 e. The molecule has 0 fully saturated rings. The van der Waals surface area contributed by atoms with Crippen LogP contribution < -0.4 is 0 Å². The molecule has 78 valence electrons. The molecule has 0 unspecified atom stereocenters. The summed E-state index contributed by atoms with van der Waals surface area (Å²) in [4.78, 5) is 2.09. The summed E-state index contributed by atoms with van der Waals surface area (Å²) >= 11 is 0. The van der Waals surface area contributed by atoms with Crippen LogP contribution in [0.2, 0.25) is 0 Å². The van der Waals surface area contributed by atoms with E-state index in [9.17, 15) is 0 Å². The van der Waals surface area contributed by atoms with E-state index in [2.05, 4.69) is 27.2 Å². The predicted molar refractivity (Wildman–Crippen MR) is 65.4 cm³/mol. The molecule has 0 N–H and O–H groups in total. The molecule has 0 aromatic heterocycles. The van der Waals surface area contributed by atoms with Crippen LogP contribution in [0, 0.1) is 0 Å². The average Bonchev–Trinajstić information content (AvgIpc) is 2.39. The summed E-state index contributed by atoms with van der Waals surface area (Å²) in [5, 5.41) is 8.46. The highest BCUT2D eigenvalue weighted by Crippen LogP contribution is 2.12. The topological polar surface area (TPSA) is 28.0 Å². The molecule has 16 heavy (non-hydrogen) atoms. The van der Waals surface area contributed by atoms with Crippen LogP contribution in [0.4, 0.5) is 0 Å². The SMILES string of the molecule is C1=CC2=NN=C(c3ccccc3)CN2C=C1. The van der Waals surface area contributed by atoms with Crippen molar-refractivity contribution >= 4 is 11.5 Å². The van der Waals surface area contributed by atoms with Gasteiger partial charge < -0.3 is 4.90 Å². The maximum Gasteiger partial charge on any atom is 0.155 e. The molecule has 0 aliphatic carbocycles. The standard InChI is InChI=1S/C13H11N3/c1-2-6-11(7-3-1)12-10-16-9-5-4-8-13(16)15-14-12/h1-9H,10H2. The van der Waals surface area contributed by atoms with Gasteiger partial charge in [0.1, 0.15) is 0 Å². The molecule has 2 aliphatic heterocycles. The van der Waals surface area contributed by atoms with Crippen LogP contribution in [0.1, 0.15) is 5.56 Å². The van der Waals surface area contributed by atoms with Gasteiger partial charge in [-0.25, -0.2) is 0 Å². The molecule has 3 heteroatoms. The van der Waals surface area contributed by atoms with Gasteiger partial charge in [0.25, 0.3) is 0 Å². The maximum atomic E-state index is 4.26. The zero-order valence-corrected chi connectivity index (χ0v) is 8.74. The molecule has 1 aromatic rings. The Bertz CT molecular complexity index is 509. The lowest BCUT2D eigenvalue weighted by atomic mass is 10.1. The summed E-state index contributed by atoms with van der Waals surface area (Å²) in [6.45, 7) is 0.781. The van der Waals surface area contributed by atoms with Gasteiger partial charge in [-0.1, -0.05) is 36.4 Å². The molecule has 0 spiro atoms. The number of amidine groups is 1. The highest BCUT2D eigenvalue weighted by molar-refractivity contribution is 6.07. The van der Waals surface area contributed by atoms with Crippen molar-refractivity contribution in [3.05, 3.63) is 60.3 Å². The summed E-state index contributed by atoms with van der Waals surface area (Å²) in [6.07, 6.45) is 7.97. The Labute approximate surface area is 94.1 Å².